The smallest absolute Gasteiger partial charge is 0.312 e. The van der Waals surface area contributed by atoms with Gasteiger partial charge in [0.15, 0.2) is 0 Å². The largest absolute Gasteiger partial charge is 0.364 e. The number of hydrogen-bond donors (Lipinski definition) is 1. The first-order valence-corrected chi connectivity index (χ1v) is 7.46. The molecule has 0 fully saturated rings. The van der Waals surface area contributed by atoms with Crippen LogP contribution < -0.4 is 5.32 Å². The molecule has 21 heavy (non-hydrogen) atoms. The Morgan fingerprint density at radius 2 is 2.10 bits per heavy atom. The third-order valence-electron chi connectivity index (χ3n) is 3.27. The average Bonchev–Trinajstić information content (AvgIpc) is 2.49. The minimum absolute atomic E-state index is 0.0169. The minimum atomic E-state index is -0.430. The van der Waals surface area contributed by atoms with Gasteiger partial charge in [-0.05, 0) is 33.8 Å². The maximum absolute atomic E-state index is 11.0. The second-order valence-electron chi connectivity index (χ2n) is 4.81. The normalized spacial score (nSPS) is 11.9. The summed E-state index contributed by atoms with van der Waals surface area (Å²) in [6, 6.07) is 11.6. The Morgan fingerprint density at radius 3 is 2.76 bits per heavy atom. The van der Waals surface area contributed by atoms with E-state index < -0.39 is 4.92 Å². The van der Waals surface area contributed by atoms with Gasteiger partial charge in [-0.2, -0.15) is 0 Å². The Balaban J connectivity index is 1.96. The monoisotopic (exact) mass is 349 g/mol. The summed E-state index contributed by atoms with van der Waals surface area (Å²) < 4.78 is 0.595. The van der Waals surface area contributed by atoms with Crippen molar-refractivity contribution in [1.29, 1.82) is 0 Å². The minimum Gasteiger partial charge on any atom is -0.364 e. The van der Waals surface area contributed by atoms with E-state index in [0.29, 0.717) is 22.8 Å². The van der Waals surface area contributed by atoms with E-state index in [0.717, 1.165) is 6.42 Å². The molecule has 1 unspecified atom stereocenters. The highest BCUT2D eigenvalue weighted by Gasteiger charge is 2.15. The van der Waals surface area contributed by atoms with Gasteiger partial charge in [-0.15, -0.1) is 0 Å². The topological polar surface area (TPSA) is 68.1 Å². The van der Waals surface area contributed by atoms with Gasteiger partial charge in [0.1, 0.15) is 0 Å². The van der Waals surface area contributed by atoms with E-state index in [9.17, 15) is 10.1 Å². The molecule has 6 heteroatoms. The molecule has 1 aromatic heterocycles. The second kappa shape index (κ2) is 7.17. The van der Waals surface area contributed by atoms with E-state index >= 15 is 0 Å². The van der Waals surface area contributed by atoms with Crippen LogP contribution in [0.3, 0.4) is 0 Å². The maximum Gasteiger partial charge on any atom is 0.312 e. The SMILES string of the molecule is CC(CCNc1ncc(Br)cc1[N+](=O)[O-])c1ccccc1. The van der Waals surface area contributed by atoms with Crippen LogP contribution in [0, 0.1) is 10.1 Å². The van der Waals surface area contributed by atoms with E-state index in [1.807, 2.05) is 18.2 Å². The molecule has 5 nitrogen and oxygen atoms in total. The summed E-state index contributed by atoms with van der Waals surface area (Å²) in [7, 11) is 0. The molecule has 2 rings (SSSR count). The lowest BCUT2D eigenvalue weighted by molar-refractivity contribution is -0.384. The maximum atomic E-state index is 11.0. The lowest BCUT2D eigenvalue weighted by atomic mass is 9.98. The van der Waals surface area contributed by atoms with Crippen molar-refractivity contribution in [3.63, 3.8) is 0 Å². The number of pyridine rings is 1. The van der Waals surface area contributed by atoms with Crippen molar-refractivity contribution in [2.75, 3.05) is 11.9 Å². The fraction of sp³-hybridized carbons (Fsp3) is 0.267. The second-order valence-corrected chi connectivity index (χ2v) is 5.72. The van der Waals surface area contributed by atoms with Gasteiger partial charge in [0, 0.05) is 23.3 Å². The molecule has 0 saturated heterocycles. The molecule has 1 heterocycles. The summed E-state index contributed by atoms with van der Waals surface area (Å²) in [5.74, 6) is 0.691. The fourth-order valence-corrected chi connectivity index (χ4v) is 2.38. The van der Waals surface area contributed by atoms with Gasteiger partial charge in [-0.3, -0.25) is 10.1 Å². The number of rotatable bonds is 6. The molecular weight excluding hydrogens is 334 g/mol. The van der Waals surface area contributed by atoms with Crippen molar-refractivity contribution in [3.8, 4) is 0 Å². The number of halogens is 1. The Hall–Kier alpha value is -1.95. The standard InChI is InChI=1S/C15H16BrN3O2/c1-11(12-5-3-2-4-6-12)7-8-17-15-14(19(20)21)9-13(16)10-18-15/h2-6,9-11H,7-8H2,1H3,(H,17,18). The molecule has 0 bridgehead atoms. The first-order chi connectivity index (χ1) is 10.1. The fourth-order valence-electron chi connectivity index (χ4n) is 2.06. The number of hydrogen-bond acceptors (Lipinski definition) is 4. The molecule has 0 amide bonds. The molecule has 0 spiro atoms. The van der Waals surface area contributed by atoms with E-state index in [1.54, 1.807) is 6.20 Å². The Kier molecular flexibility index (Phi) is 5.27. The highest BCUT2D eigenvalue weighted by molar-refractivity contribution is 9.10. The Bertz CT molecular complexity index is 620. The van der Waals surface area contributed by atoms with Crippen molar-refractivity contribution < 1.29 is 4.92 Å². The molecule has 0 aliphatic carbocycles. The van der Waals surface area contributed by atoms with Crippen LogP contribution in [0.25, 0.3) is 0 Å². The first-order valence-electron chi connectivity index (χ1n) is 6.66. The molecule has 0 radical (unpaired) electrons. The molecule has 2 aromatic rings. The van der Waals surface area contributed by atoms with Crippen molar-refractivity contribution in [1.82, 2.24) is 4.98 Å². The lowest BCUT2D eigenvalue weighted by Gasteiger charge is -2.12. The number of nitro groups is 1. The van der Waals surface area contributed by atoms with E-state index in [4.69, 9.17) is 0 Å². The molecule has 1 atom stereocenters. The molecule has 1 aromatic carbocycles. The van der Waals surface area contributed by atoms with Crippen LogP contribution in [-0.4, -0.2) is 16.5 Å². The number of aromatic nitrogens is 1. The quantitative estimate of drug-likeness (QED) is 0.621. The van der Waals surface area contributed by atoms with E-state index in [1.165, 1.54) is 11.6 Å². The summed E-state index contributed by atoms with van der Waals surface area (Å²) in [6.45, 7) is 2.77. The Morgan fingerprint density at radius 1 is 1.38 bits per heavy atom. The zero-order valence-electron chi connectivity index (χ0n) is 11.6. The summed E-state index contributed by atoms with van der Waals surface area (Å²) >= 11 is 3.19. The molecule has 1 N–H and O–H groups in total. The van der Waals surface area contributed by atoms with Gasteiger partial charge < -0.3 is 5.32 Å². The van der Waals surface area contributed by atoms with Crippen LogP contribution in [-0.2, 0) is 0 Å². The number of nitrogens with zero attached hydrogens (tertiary/aromatic N) is 2. The highest BCUT2D eigenvalue weighted by atomic mass is 79.9. The van der Waals surface area contributed by atoms with Crippen LogP contribution >= 0.6 is 15.9 Å². The average molecular weight is 350 g/mol. The molecular formula is C15H16BrN3O2. The molecule has 0 saturated carbocycles. The lowest BCUT2D eigenvalue weighted by Crippen LogP contribution is -2.09. The van der Waals surface area contributed by atoms with Crippen LogP contribution in [0.15, 0.2) is 47.1 Å². The molecule has 110 valence electrons. The summed E-state index contributed by atoms with van der Waals surface area (Å²) in [4.78, 5) is 14.6. The van der Waals surface area contributed by atoms with Crippen molar-refractivity contribution in [3.05, 3.63) is 62.7 Å². The number of nitrogens with one attached hydrogen (secondary N) is 1. The van der Waals surface area contributed by atoms with E-state index in [2.05, 4.69) is 45.3 Å². The molecule has 0 aliphatic heterocycles. The third-order valence-corrected chi connectivity index (χ3v) is 3.70. The van der Waals surface area contributed by atoms with Crippen LogP contribution in [0.5, 0.6) is 0 Å². The van der Waals surface area contributed by atoms with Gasteiger partial charge in [-0.1, -0.05) is 37.3 Å². The van der Waals surface area contributed by atoms with Gasteiger partial charge >= 0.3 is 5.69 Å². The zero-order valence-corrected chi connectivity index (χ0v) is 13.2. The summed E-state index contributed by atoms with van der Waals surface area (Å²) in [5, 5.41) is 14.0. The van der Waals surface area contributed by atoms with Crippen LogP contribution in [0.4, 0.5) is 11.5 Å². The van der Waals surface area contributed by atoms with Gasteiger partial charge in [0.05, 0.1) is 4.92 Å². The Labute approximate surface area is 131 Å². The first kappa shape index (κ1) is 15.4. The molecule has 0 aliphatic rings. The number of anilines is 1. The van der Waals surface area contributed by atoms with E-state index in [-0.39, 0.29) is 5.69 Å². The van der Waals surface area contributed by atoms with Crippen molar-refractivity contribution in [2.24, 2.45) is 0 Å². The highest BCUT2D eigenvalue weighted by Crippen LogP contribution is 2.26. The number of benzene rings is 1. The summed E-state index contributed by atoms with van der Waals surface area (Å²) in [5.41, 5.74) is 1.24. The van der Waals surface area contributed by atoms with Crippen LogP contribution in [0.2, 0.25) is 0 Å². The van der Waals surface area contributed by atoms with Gasteiger partial charge in [-0.25, -0.2) is 4.98 Å². The predicted octanol–water partition coefficient (Wildman–Crippen LogP) is 4.36. The van der Waals surface area contributed by atoms with Gasteiger partial charge in [0.25, 0.3) is 0 Å². The van der Waals surface area contributed by atoms with Crippen molar-refractivity contribution in [2.45, 2.75) is 19.3 Å². The van der Waals surface area contributed by atoms with Gasteiger partial charge in [0.2, 0.25) is 5.82 Å². The zero-order chi connectivity index (χ0) is 15.2. The van der Waals surface area contributed by atoms with Crippen LogP contribution in [0.1, 0.15) is 24.8 Å². The third kappa shape index (κ3) is 4.26. The van der Waals surface area contributed by atoms with Crippen molar-refractivity contribution >= 4 is 27.4 Å². The summed E-state index contributed by atoms with van der Waals surface area (Å²) in [6.07, 6.45) is 2.43. The predicted molar refractivity (Wildman–Crippen MR) is 86.6 cm³/mol.